The molecule has 5 aliphatic carbocycles. The Kier molecular flexibility index (Phi) is 4.71. The lowest BCUT2D eigenvalue weighted by Gasteiger charge is -2.75. The molecule has 2 bridgehead atoms. The van der Waals surface area contributed by atoms with Crippen LogP contribution in [-0.2, 0) is 9.53 Å². The van der Waals surface area contributed by atoms with Crippen LogP contribution in [0.3, 0.4) is 0 Å². The quantitative estimate of drug-likeness (QED) is 0.492. The first-order valence-electron chi connectivity index (χ1n) is 14.2. The number of hydrogen-bond donors (Lipinski definition) is 2. The minimum absolute atomic E-state index is 0.0510. The maximum Gasteiger partial charge on any atom is 0.125 e. The first kappa shape index (κ1) is 23.9. The van der Waals surface area contributed by atoms with Crippen LogP contribution >= 0.6 is 0 Å². The Morgan fingerprint density at radius 3 is 2.18 bits per heavy atom. The van der Waals surface area contributed by atoms with Gasteiger partial charge in [-0.3, -0.25) is 0 Å². The van der Waals surface area contributed by atoms with Gasteiger partial charge in [-0.2, -0.15) is 0 Å². The second-order valence-electron chi connectivity index (χ2n) is 15.5. The highest BCUT2D eigenvalue weighted by Gasteiger charge is 2.80. The standard InChI is InChI=1S/C30H48O4/c1-24(2)19-7-11-27(5)20(26(19,4)10-9-22(24)32)8-12-30-21-15-25(3,17-31)13-14-29(21,18-34-30)23(33)16-28(27,30)6/h17,19-23,32-33H,7-16,18H2,1-6H3/t19-,20+,21+,22-,23+,25+,26-,27+,28-,29+,30-/m0/s1. The van der Waals surface area contributed by atoms with E-state index in [1.165, 1.54) is 12.7 Å². The van der Waals surface area contributed by atoms with E-state index in [1.807, 2.05) is 0 Å². The van der Waals surface area contributed by atoms with Crippen molar-refractivity contribution in [2.45, 2.75) is 124 Å². The first-order chi connectivity index (χ1) is 15.7. The number of rotatable bonds is 1. The SMILES string of the molecule is CC1(C)[C@@H](O)CC[C@]2(C)[C@H]3CC[C@]45OC[C@@]6(CC[C@@](C)(C=O)C[C@H]64)[C@H](O)C[C@@]5(C)[C@]3(C)CC[C@@H]12. The lowest BCUT2D eigenvalue weighted by atomic mass is 9.30. The van der Waals surface area contributed by atoms with Gasteiger partial charge in [0.2, 0.25) is 0 Å². The molecule has 4 nitrogen and oxygen atoms in total. The number of hydrogen-bond acceptors (Lipinski definition) is 4. The third kappa shape index (κ3) is 2.41. The van der Waals surface area contributed by atoms with Crippen molar-refractivity contribution in [3.8, 4) is 0 Å². The van der Waals surface area contributed by atoms with Gasteiger partial charge in [0, 0.05) is 16.2 Å². The molecular weight excluding hydrogens is 424 g/mol. The average molecular weight is 473 g/mol. The van der Waals surface area contributed by atoms with Crippen molar-refractivity contribution in [3.05, 3.63) is 0 Å². The van der Waals surface area contributed by atoms with Crippen molar-refractivity contribution in [3.63, 3.8) is 0 Å². The van der Waals surface area contributed by atoms with Gasteiger partial charge in [-0.15, -0.1) is 0 Å². The van der Waals surface area contributed by atoms with Crippen LogP contribution in [0.25, 0.3) is 0 Å². The number of fused-ring (bicyclic) bond motifs is 4. The molecule has 0 aromatic heterocycles. The minimum atomic E-state index is -0.347. The van der Waals surface area contributed by atoms with Crippen LogP contribution in [0.15, 0.2) is 0 Å². The number of carbonyl (C=O) groups is 1. The topological polar surface area (TPSA) is 66.8 Å². The van der Waals surface area contributed by atoms with E-state index in [1.54, 1.807) is 0 Å². The zero-order valence-electron chi connectivity index (χ0n) is 22.5. The van der Waals surface area contributed by atoms with Crippen LogP contribution in [0.2, 0.25) is 0 Å². The van der Waals surface area contributed by atoms with Gasteiger partial charge in [0.25, 0.3) is 0 Å². The summed E-state index contributed by atoms with van der Waals surface area (Å²) in [7, 11) is 0. The van der Waals surface area contributed by atoms with Crippen molar-refractivity contribution in [1.82, 2.24) is 0 Å². The van der Waals surface area contributed by atoms with Crippen LogP contribution < -0.4 is 0 Å². The molecule has 1 heterocycles. The van der Waals surface area contributed by atoms with Gasteiger partial charge in [-0.25, -0.2) is 0 Å². The second kappa shape index (κ2) is 6.70. The fourth-order valence-electron chi connectivity index (χ4n) is 12.0. The smallest absolute Gasteiger partial charge is 0.125 e. The van der Waals surface area contributed by atoms with Gasteiger partial charge in [0.05, 0.1) is 24.4 Å². The number of carbonyl (C=O) groups excluding carboxylic acids is 1. The van der Waals surface area contributed by atoms with E-state index in [0.29, 0.717) is 18.4 Å². The van der Waals surface area contributed by atoms with E-state index in [2.05, 4.69) is 41.5 Å². The largest absolute Gasteiger partial charge is 0.393 e. The molecule has 0 aromatic carbocycles. The Balaban J connectivity index is 1.45. The maximum atomic E-state index is 12.2. The summed E-state index contributed by atoms with van der Waals surface area (Å²) in [6.07, 6.45) is 10.7. The molecule has 0 aromatic rings. The summed E-state index contributed by atoms with van der Waals surface area (Å²) in [5.74, 6) is 1.38. The van der Waals surface area contributed by atoms with Crippen molar-refractivity contribution < 1.29 is 19.7 Å². The van der Waals surface area contributed by atoms with Crippen LogP contribution in [0.4, 0.5) is 0 Å². The molecule has 2 N–H and O–H groups in total. The molecule has 1 saturated heterocycles. The lowest BCUT2D eigenvalue weighted by Crippen LogP contribution is -2.73. The Bertz CT molecular complexity index is 900. The summed E-state index contributed by atoms with van der Waals surface area (Å²) in [6, 6.07) is 0. The highest BCUT2D eigenvalue weighted by molar-refractivity contribution is 5.59. The Labute approximate surface area is 206 Å². The zero-order chi connectivity index (χ0) is 24.6. The van der Waals surface area contributed by atoms with Crippen LogP contribution in [0.1, 0.15) is 106 Å². The molecule has 34 heavy (non-hydrogen) atoms. The molecule has 4 heteroatoms. The van der Waals surface area contributed by atoms with Gasteiger partial charge in [-0.1, -0.05) is 41.5 Å². The van der Waals surface area contributed by atoms with Crippen molar-refractivity contribution >= 4 is 6.29 Å². The van der Waals surface area contributed by atoms with Gasteiger partial charge in [0.1, 0.15) is 6.29 Å². The molecule has 6 fully saturated rings. The fourth-order valence-corrected chi connectivity index (χ4v) is 12.0. The lowest BCUT2D eigenvalue weighted by molar-refractivity contribution is -0.297. The predicted molar refractivity (Wildman–Crippen MR) is 132 cm³/mol. The van der Waals surface area contributed by atoms with Gasteiger partial charge < -0.3 is 19.7 Å². The highest BCUT2D eigenvalue weighted by atomic mass is 16.5. The normalized spacial score (nSPS) is 62.1. The van der Waals surface area contributed by atoms with Crippen LogP contribution in [0.5, 0.6) is 0 Å². The van der Waals surface area contributed by atoms with Gasteiger partial charge in [0.15, 0.2) is 0 Å². The van der Waals surface area contributed by atoms with Crippen molar-refractivity contribution in [1.29, 1.82) is 0 Å². The molecule has 11 atom stereocenters. The highest BCUT2D eigenvalue weighted by Crippen LogP contribution is 2.80. The van der Waals surface area contributed by atoms with Gasteiger partial charge >= 0.3 is 0 Å². The minimum Gasteiger partial charge on any atom is -0.393 e. The zero-order valence-corrected chi connectivity index (χ0v) is 22.5. The monoisotopic (exact) mass is 472 g/mol. The molecular formula is C30H48O4. The van der Waals surface area contributed by atoms with Crippen LogP contribution in [-0.4, -0.2) is 40.9 Å². The van der Waals surface area contributed by atoms with E-state index >= 15 is 0 Å². The molecule has 0 amide bonds. The Morgan fingerprint density at radius 2 is 1.47 bits per heavy atom. The fraction of sp³-hybridized carbons (Fsp3) is 0.967. The Hall–Kier alpha value is -0.450. The maximum absolute atomic E-state index is 12.2. The molecule has 0 radical (unpaired) electrons. The van der Waals surface area contributed by atoms with E-state index in [4.69, 9.17) is 4.74 Å². The van der Waals surface area contributed by atoms with E-state index < -0.39 is 0 Å². The van der Waals surface area contributed by atoms with Crippen molar-refractivity contribution in [2.75, 3.05) is 6.61 Å². The van der Waals surface area contributed by atoms with Gasteiger partial charge in [-0.05, 0) is 98.2 Å². The average Bonchev–Trinajstić information content (AvgIpc) is 3.05. The number of aliphatic hydroxyl groups excluding tert-OH is 2. The summed E-state index contributed by atoms with van der Waals surface area (Å²) < 4.78 is 7.04. The predicted octanol–water partition coefficient (Wildman–Crippen LogP) is 5.53. The Morgan fingerprint density at radius 1 is 0.765 bits per heavy atom. The van der Waals surface area contributed by atoms with E-state index in [-0.39, 0.29) is 56.2 Å². The second-order valence-corrected chi connectivity index (χ2v) is 15.5. The molecule has 1 spiro atoms. The summed E-state index contributed by atoms with van der Waals surface area (Å²) >= 11 is 0. The summed E-state index contributed by atoms with van der Waals surface area (Å²) in [5.41, 5.74) is -0.549. The molecule has 5 saturated carbocycles. The number of aliphatic hydroxyl groups is 2. The van der Waals surface area contributed by atoms with Crippen LogP contribution in [0, 0.1) is 50.2 Å². The molecule has 192 valence electrons. The van der Waals surface area contributed by atoms with E-state index in [9.17, 15) is 15.0 Å². The summed E-state index contributed by atoms with van der Waals surface area (Å²) in [5, 5.41) is 22.8. The third-order valence-electron chi connectivity index (χ3n) is 14.3. The van der Waals surface area contributed by atoms with Crippen molar-refractivity contribution in [2.24, 2.45) is 50.2 Å². The molecule has 6 rings (SSSR count). The molecule has 1 aliphatic heterocycles. The summed E-state index contributed by atoms with van der Waals surface area (Å²) in [4.78, 5) is 12.2. The first-order valence-corrected chi connectivity index (χ1v) is 14.2. The molecule has 6 aliphatic rings. The summed E-state index contributed by atoms with van der Waals surface area (Å²) in [6.45, 7) is 15.0. The number of aldehydes is 1. The number of ether oxygens (including phenoxy) is 1. The third-order valence-corrected chi connectivity index (χ3v) is 14.3. The van der Waals surface area contributed by atoms with E-state index in [0.717, 1.165) is 57.8 Å². The molecule has 0 unspecified atom stereocenters.